The Hall–Kier alpha value is -3.43. The lowest BCUT2D eigenvalue weighted by Crippen LogP contribution is -2.20. The van der Waals surface area contributed by atoms with Gasteiger partial charge in [-0.3, -0.25) is 9.59 Å². The summed E-state index contributed by atoms with van der Waals surface area (Å²) in [5, 5.41) is 8.44. The normalized spacial score (nSPS) is 10.9. The van der Waals surface area contributed by atoms with Gasteiger partial charge in [-0.15, -0.1) is 0 Å². The summed E-state index contributed by atoms with van der Waals surface area (Å²) in [6.07, 6.45) is 2.91. The zero-order valence-corrected chi connectivity index (χ0v) is 20.1. The third-order valence-corrected chi connectivity index (χ3v) is 6.06. The molecular weight excluding hydrogens is 476 g/mol. The number of rotatable bonds is 10. The number of ether oxygens (including phenoxy) is 2. The smallest absolute Gasteiger partial charge is 0.275 e. The minimum atomic E-state index is -0.332. The highest BCUT2D eigenvalue weighted by molar-refractivity contribution is 7.16. The van der Waals surface area contributed by atoms with Crippen LogP contribution >= 0.6 is 22.9 Å². The van der Waals surface area contributed by atoms with E-state index in [0.29, 0.717) is 32.9 Å². The largest absolute Gasteiger partial charge is 0.487 e. The number of amides is 1. The highest BCUT2D eigenvalue weighted by Crippen LogP contribution is 2.23. The average Bonchev–Trinajstić information content (AvgIpc) is 3.25. The fraction of sp³-hybridized carbons (Fsp3) is 0.250. The van der Waals surface area contributed by atoms with Gasteiger partial charge in [-0.25, -0.2) is 4.98 Å². The van der Waals surface area contributed by atoms with Gasteiger partial charge in [0, 0.05) is 24.2 Å². The van der Waals surface area contributed by atoms with Gasteiger partial charge < -0.3 is 14.8 Å². The number of carbonyl (C=O) groups is 1. The van der Waals surface area contributed by atoms with Crippen molar-refractivity contribution in [2.45, 2.75) is 32.8 Å². The van der Waals surface area contributed by atoms with Crippen molar-refractivity contribution in [1.82, 2.24) is 14.6 Å². The molecule has 1 N–H and O–H groups in total. The van der Waals surface area contributed by atoms with Gasteiger partial charge >= 0.3 is 0 Å². The molecule has 0 aliphatic carbocycles. The van der Waals surface area contributed by atoms with Crippen LogP contribution in [0.5, 0.6) is 11.5 Å². The molecule has 0 spiro atoms. The fourth-order valence-electron chi connectivity index (χ4n) is 3.12. The maximum absolute atomic E-state index is 12.4. The minimum absolute atomic E-state index is 0.112. The first-order chi connectivity index (χ1) is 16.5. The van der Waals surface area contributed by atoms with Crippen molar-refractivity contribution in [3.05, 3.63) is 80.7 Å². The number of fused-ring (bicyclic) bond motifs is 1. The van der Waals surface area contributed by atoms with E-state index in [2.05, 4.69) is 22.3 Å². The Kier molecular flexibility index (Phi) is 7.76. The number of anilines is 1. The van der Waals surface area contributed by atoms with E-state index >= 15 is 0 Å². The second-order valence-corrected chi connectivity index (χ2v) is 8.91. The van der Waals surface area contributed by atoms with Crippen molar-refractivity contribution in [2.75, 3.05) is 11.9 Å². The van der Waals surface area contributed by atoms with Crippen LogP contribution in [0, 0.1) is 0 Å². The molecule has 1 amide bonds. The number of hydrogen-bond donors (Lipinski definition) is 1. The van der Waals surface area contributed by atoms with Crippen LogP contribution in [0.1, 0.15) is 30.5 Å². The van der Waals surface area contributed by atoms with Gasteiger partial charge in [0.2, 0.25) is 4.96 Å². The van der Waals surface area contributed by atoms with E-state index in [1.54, 1.807) is 48.5 Å². The molecule has 2 heterocycles. The van der Waals surface area contributed by atoms with Crippen molar-refractivity contribution < 1.29 is 14.3 Å². The number of aromatic nitrogens is 3. The van der Waals surface area contributed by atoms with E-state index in [1.165, 1.54) is 21.9 Å². The average molecular weight is 499 g/mol. The molecule has 4 aromatic rings. The number of nitrogens with zero attached hydrogens (tertiary/aromatic N) is 3. The second kappa shape index (κ2) is 11.1. The second-order valence-electron chi connectivity index (χ2n) is 7.46. The number of unbranched alkanes of at least 4 members (excludes halogenated alkanes) is 1. The number of halogens is 1. The molecule has 2 aromatic carbocycles. The first-order valence-electron chi connectivity index (χ1n) is 10.8. The van der Waals surface area contributed by atoms with Gasteiger partial charge in [-0.05, 0) is 30.7 Å². The first kappa shape index (κ1) is 23.7. The molecule has 0 atom stereocenters. The summed E-state index contributed by atoms with van der Waals surface area (Å²) in [5.41, 5.74) is 0.831. The van der Waals surface area contributed by atoms with Crippen molar-refractivity contribution in [3.63, 3.8) is 0 Å². The number of benzene rings is 2. The van der Waals surface area contributed by atoms with Crippen LogP contribution in [0.2, 0.25) is 5.02 Å². The van der Waals surface area contributed by atoms with Crippen LogP contribution < -0.4 is 20.3 Å². The van der Waals surface area contributed by atoms with Crippen LogP contribution in [-0.2, 0) is 17.8 Å². The Morgan fingerprint density at radius 2 is 2.00 bits per heavy atom. The number of nitrogens with one attached hydrogen (secondary N) is 1. The third-order valence-electron chi connectivity index (χ3n) is 4.78. The van der Waals surface area contributed by atoms with Crippen LogP contribution in [0.25, 0.3) is 4.96 Å². The van der Waals surface area contributed by atoms with E-state index < -0.39 is 0 Å². The maximum Gasteiger partial charge on any atom is 0.275 e. The van der Waals surface area contributed by atoms with E-state index in [4.69, 9.17) is 21.1 Å². The molecule has 8 nitrogen and oxygen atoms in total. The lowest BCUT2D eigenvalue weighted by atomic mass is 10.3. The highest BCUT2D eigenvalue weighted by Gasteiger charge is 2.10. The highest BCUT2D eigenvalue weighted by atomic mass is 35.5. The Labute approximate surface area is 205 Å². The molecule has 34 heavy (non-hydrogen) atoms. The van der Waals surface area contributed by atoms with E-state index in [-0.39, 0.29) is 24.7 Å². The molecule has 0 saturated heterocycles. The summed E-state index contributed by atoms with van der Waals surface area (Å²) < 4.78 is 12.6. The molecule has 0 saturated carbocycles. The Balaban J connectivity index is 1.36. The molecule has 0 unspecified atom stereocenters. The predicted octanol–water partition coefficient (Wildman–Crippen LogP) is 4.74. The predicted molar refractivity (Wildman–Crippen MR) is 132 cm³/mol. The summed E-state index contributed by atoms with van der Waals surface area (Å²) in [6, 6.07) is 15.3. The topological polar surface area (TPSA) is 94.8 Å². The first-order valence-corrected chi connectivity index (χ1v) is 12.0. The van der Waals surface area contributed by atoms with Crippen LogP contribution in [0.3, 0.4) is 0 Å². The number of hydrogen-bond acceptors (Lipinski definition) is 7. The van der Waals surface area contributed by atoms with Gasteiger partial charge in [-0.1, -0.05) is 54.5 Å². The van der Waals surface area contributed by atoms with Gasteiger partial charge in [0.05, 0.1) is 10.7 Å². The van der Waals surface area contributed by atoms with Crippen LogP contribution in [-0.4, -0.2) is 27.1 Å². The SMILES string of the molecule is CCCCc1nn2c(=O)cc(COc3cccc(NC(=O)COc4ccccc4Cl)c3)nc2s1. The molecule has 0 bridgehead atoms. The number of para-hydroxylation sites is 1. The molecule has 4 rings (SSSR count). The molecule has 0 aliphatic rings. The summed E-state index contributed by atoms with van der Waals surface area (Å²) in [4.78, 5) is 29.7. The van der Waals surface area contributed by atoms with Crippen LogP contribution in [0.4, 0.5) is 5.69 Å². The van der Waals surface area contributed by atoms with Crippen molar-refractivity contribution in [1.29, 1.82) is 0 Å². The lowest BCUT2D eigenvalue weighted by Gasteiger charge is -2.10. The standard InChI is InChI=1S/C24H23ClN4O4S/c1-2-3-11-22-28-29-23(31)13-17(27-24(29)34-22)14-32-18-8-6-7-16(12-18)26-21(30)15-33-20-10-5-4-9-19(20)25/h4-10,12-13H,2-3,11,14-15H2,1H3,(H,26,30). The molecule has 10 heteroatoms. The number of aryl methyl sites for hydroxylation is 1. The minimum Gasteiger partial charge on any atom is -0.487 e. The quantitative estimate of drug-likeness (QED) is 0.339. The molecular formula is C24H23ClN4O4S. The molecule has 0 radical (unpaired) electrons. The summed E-state index contributed by atoms with van der Waals surface area (Å²) in [5.74, 6) is 0.635. The van der Waals surface area contributed by atoms with Crippen molar-refractivity contribution in [3.8, 4) is 11.5 Å². The van der Waals surface area contributed by atoms with Gasteiger partial charge in [0.25, 0.3) is 11.5 Å². The Bertz CT molecular complexity index is 1350. The molecule has 176 valence electrons. The van der Waals surface area contributed by atoms with E-state index in [9.17, 15) is 9.59 Å². The van der Waals surface area contributed by atoms with Gasteiger partial charge in [0.15, 0.2) is 6.61 Å². The van der Waals surface area contributed by atoms with Crippen LogP contribution in [0.15, 0.2) is 59.4 Å². The van der Waals surface area contributed by atoms with E-state index in [0.717, 1.165) is 24.3 Å². The monoisotopic (exact) mass is 498 g/mol. The zero-order chi connectivity index (χ0) is 23.9. The Morgan fingerprint density at radius 1 is 1.15 bits per heavy atom. The van der Waals surface area contributed by atoms with Gasteiger partial charge in [-0.2, -0.15) is 9.61 Å². The van der Waals surface area contributed by atoms with Gasteiger partial charge in [0.1, 0.15) is 23.1 Å². The fourth-order valence-corrected chi connectivity index (χ4v) is 4.27. The Morgan fingerprint density at radius 3 is 2.82 bits per heavy atom. The van der Waals surface area contributed by atoms with Crippen molar-refractivity contribution >= 4 is 39.5 Å². The number of carbonyl (C=O) groups excluding carboxylic acids is 1. The van der Waals surface area contributed by atoms with Crippen molar-refractivity contribution in [2.24, 2.45) is 0 Å². The maximum atomic E-state index is 12.4. The molecule has 2 aromatic heterocycles. The lowest BCUT2D eigenvalue weighted by molar-refractivity contribution is -0.118. The molecule has 0 aliphatic heterocycles. The molecule has 0 fully saturated rings. The van der Waals surface area contributed by atoms with E-state index in [1.807, 2.05) is 0 Å². The summed E-state index contributed by atoms with van der Waals surface area (Å²) in [6.45, 7) is 2.04. The third kappa shape index (κ3) is 6.12. The summed E-state index contributed by atoms with van der Waals surface area (Å²) in [7, 11) is 0. The summed E-state index contributed by atoms with van der Waals surface area (Å²) >= 11 is 7.45. The zero-order valence-electron chi connectivity index (χ0n) is 18.5.